The number of aliphatic hydroxyl groups is 1. The molecule has 0 spiro atoms. The lowest BCUT2D eigenvalue weighted by atomic mass is 10.2. The predicted octanol–water partition coefficient (Wildman–Crippen LogP) is -0.827. The summed E-state index contributed by atoms with van der Waals surface area (Å²) in [5, 5.41) is 18.6. The van der Waals surface area contributed by atoms with Crippen LogP contribution in [0.3, 0.4) is 0 Å². The Hall–Kier alpha value is -5.05. The van der Waals surface area contributed by atoms with E-state index in [9.17, 15) is 24.3 Å². The van der Waals surface area contributed by atoms with E-state index in [-0.39, 0.29) is 28.7 Å². The molecule has 0 fully saturated rings. The monoisotopic (exact) mass is 531 g/mol. The van der Waals surface area contributed by atoms with Crippen LogP contribution in [0.15, 0.2) is 41.4 Å². The molecule has 15 heteroatoms. The second-order valence-corrected chi connectivity index (χ2v) is 7.43. The number of nitrogens with one attached hydrogen (secondary N) is 4. The van der Waals surface area contributed by atoms with Crippen molar-refractivity contribution in [2.45, 2.75) is 6.04 Å². The number of carbonyl (C=O) groups is 4. The summed E-state index contributed by atoms with van der Waals surface area (Å²) in [6, 6.07) is 6.45. The second-order valence-electron chi connectivity index (χ2n) is 7.43. The number of aliphatic imine (C=N–C) groups is 1. The molecule has 15 nitrogen and oxygen atoms in total. The molecule has 1 atom stereocenters. The Morgan fingerprint density at radius 3 is 2.08 bits per heavy atom. The van der Waals surface area contributed by atoms with E-state index < -0.39 is 42.9 Å². The molecular formula is C23H29N7O8. The maximum Gasteiger partial charge on any atom is 0.319 e. The molecule has 0 aliphatic rings. The molecule has 9 N–H and O–H groups in total. The number of rotatable bonds is 11. The van der Waals surface area contributed by atoms with Gasteiger partial charge in [0.05, 0.1) is 45.9 Å². The van der Waals surface area contributed by atoms with E-state index in [0.717, 1.165) is 0 Å². The molecule has 2 aromatic rings. The van der Waals surface area contributed by atoms with Gasteiger partial charge in [-0.1, -0.05) is 0 Å². The Morgan fingerprint density at radius 2 is 1.58 bits per heavy atom. The van der Waals surface area contributed by atoms with Crippen LogP contribution in [0.5, 0.6) is 17.2 Å². The van der Waals surface area contributed by atoms with Crippen molar-refractivity contribution < 1.29 is 38.5 Å². The van der Waals surface area contributed by atoms with E-state index in [0.29, 0.717) is 11.4 Å². The topological polar surface area (TPSA) is 229 Å². The van der Waals surface area contributed by atoms with Crippen molar-refractivity contribution in [3.05, 3.63) is 42.0 Å². The molecule has 0 radical (unpaired) electrons. The van der Waals surface area contributed by atoms with Gasteiger partial charge in [-0.15, -0.1) is 0 Å². The van der Waals surface area contributed by atoms with Gasteiger partial charge in [0.1, 0.15) is 6.04 Å². The number of nitrogens with zero attached hydrogens (tertiary/aromatic N) is 1. The molecule has 0 saturated heterocycles. The first-order valence-electron chi connectivity index (χ1n) is 10.9. The number of methoxy groups -OCH3 is 3. The Morgan fingerprint density at radius 1 is 0.974 bits per heavy atom. The third kappa shape index (κ3) is 8.27. The number of hydrogen-bond acceptors (Lipinski definition) is 9. The molecule has 0 aromatic heterocycles. The Bertz CT molecular complexity index is 1170. The number of aliphatic hydroxyl groups excluding tert-OH is 1. The lowest BCUT2D eigenvalue weighted by molar-refractivity contribution is -0.127. The molecule has 5 amide bonds. The van der Waals surface area contributed by atoms with Gasteiger partial charge in [0, 0.05) is 17.7 Å². The van der Waals surface area contributed by atoms with Crippen molar-refractivity contribution in [1.82, 2.24) is 16.0 Å². The largest absolute Gasteiger partial charge is 0.493 e. The Kier molecular flexibility index (Phi) is 10.7. The average molecular weight is 532 g/mol. The number of benzene rings is 2. The van der Waals surface area contributed by atoms with E-state index in [2.05, 4.69) is 26.3 Å². The summed E-state index contributed by atoms with van der Waals surface area (Å²) in [6.45, 7) is -1.36. The van der Waals surface area contributed by atoms with Crippen LogP contribution in [-0.2, 0) is 9.59 Å². The number of hydrogen-bond donors (Lipinski definition) is 7. The third-order valence-electron chi connectivity index (χ3n) is 4.79. The lowest BCUT2D eigenvalue weighted by Gasteiger charge is -2.18. The van der Waals surface area contributed by atoms with Crippen LogP contribution in [0.2, 0.25) is 0 Å². The van der Waals surface area contributed by atoms with E-state index >= 15 is 0 Å². The van der Waals surface area contributed by atoms with Gasteiger partial charge in [-0.3, -0.25) is 19.7 Å². The summed E-state index contributed by atoms with van der Waals surface area (Å²) in [4.78, 5) is 52.9. The average Bonchev–Trinajstić information content (AvgIpc) is 2.89. The summed E-state index contributed by atoms with van der Waals surface area (Å²) < 4.78 is 15.6. The number of amides is 5. The van der Waals surface area contributed by atoms with E-state index in [1.165, 1.54) is 57.7 Å². The van der Waals surface area contributed by atoms with E-state index in [4.69, 9.17) is 25.7 Å². The van der Waals surface area contributed by atoms with Gasteiger partial charge in [0.2, 0.25) is 17.6 Å². The third-order valence-corrected chi connectivity index (χ3v) is 4.79. The van der Waals surface area contributed by atoms with Crippen molar-refractivity contribution in [2.75, 3.05) is 39.8 Å². The maximum atomic E-state index is 12.4. The van der Waals surface area contributed by atoms with Gasteiger partial charge in [-0.25, -0.2) is 9.79 Å². The highest BCUT2D eigenvalue weighted by Crippen LogP contribution is 2.39. The van der Waals surface area contributed by atoms with Crippen molar-refractivity contribution in [3.8, 4) is 17.2 Å². The zero-order valence-electron chi connectivity index (χ0n) is 20.9. The first-order chi connectivity index (χ1) is 18.1. The van der Waals surface area contributed by atoms with Crippen LogP contribution in [0, 0.1) is 0 Å². The van der Waals surface area contributed by atoms with Crippen LogP contribution in [0.1, 0.15) is 10.4 Å². The highest BCUT2D eigenvalue weighted by Gasteiger charge is 2.22. The van der Waals surface area contributed by atoms with Crippen LogP contribution in [0.4, 0.5) is 16.2 Å². The van der Waals surface area contributed by atoms with Gasteiger partial charge >= 0.3 is 6.03 Å². The van der Waals surface area contributed by atoms with Crippen LogP contribution in [-0.4, -0.2) is 75.3 Å². The number of urea groups is 1. The lowest BCUT2D eigenvalue weighted by Crippen LogP contribution is -2.52. The SMILES string of the molecule is COc1cc(NC(=O)N[C@@H](CO)C(=O)NCC(=O)NC(=O)c2ccc(N=C(N)N)cc2)cc(OC)c1OC. The molecule has 0 heterocycles. The second kappa shape index (κ2) is 13.9. The number of anilines is 1. The fourth-order valence-corrected chi connectivity index (χ4v) is 3.04. The molecule has 2 aromatic carbocycles. The fourth-order valence-electron chi connectivity index (χ4n) is 3.04. The van der Waals surface area contributed by atoms with Gasteiger partial charge in [0.15, 0.2) is 17.5 Å². The smallest absolute Gasteiger partial charge is 0.319 e. The normalized spacial score (nSPS) is 10.8. The number of guanidine groups is 1. The van der Waals surface area contributed by atoms with E-state index in [1.54, 1.807) is 0 Å². The summed E-state index contributed by atoms with van der Waals surface area (Å²) >= 11 is 0. The summed E-state index contributed by atoms with van der Waals surface area (Å²) in [6.07, 6.45) is 0. The molecule has 2 rings (SSSR count). The minimum absolute atomic E-state index is 0.150. The Balaban J connectivity index is 1.90. The molecule has 204 valence electrons. The standard InChI is InChI=1S/C23H29N7O8/c1-36-16-8-14(9-17(37-2)19(16)38-3)28-23(35)29-15(11-31)21(34)26-10-18(32)30-20(33)12-4-6-13(7-5-12)27-22(24)25/h4-9,15,31H,10-11H2,1-3H3,(H,26,34)(H4,24,25,27)(H2,28,29,35)(H,30,32,33)/t15-/m0/s1. The van der Waals surface area contributed by atoms with Crippen molar-refractivity contribution in [2.24, 2.45) is 16.5 Å². The molecular weight excluding hydrogens is 502 g/mol. The number of imide groups is 1. The maximum absolute atomic E-state index is 12.4. The highest BCUT2D eigenvalue weighted by molar-refractivity contribution is 6.06. The number of carbonyl (C=O) groups excluding carboxylic acids is 4. The molecule has 0 aliphatic carbocycles. The highest BCUT2D eigenvalue weighted by atomic mass is 16.5. The minimum Gasteiger partial charge on any atom is -0.493 e. The van der Waals surface area contributed by atoms with Crippen LogP contribution >= 0.6 is 0 Å². The van der Waals surface area contributed by atoms with Crippen molar-refractivity contribution >= 4 is 41.1 Å². The first-order valence-corrected chi connectivity index (χ1v) is 10.9. The molecule has 0 saturated carbocycles. The zero-order chi connectivity index (χ0) is 28.2. The van der Waals surface area contributed by atoms with Crippen LogP contribution in [0.25, 0.3) is 0 Å². The molecule has 0 unspecified atom stereocenters. The van der Waals surface area contributed by atoms with Gasteiger partial charge < -0.3 is 46.7 Å². The van der Waals surface area contributed by atoms with Gasteiger partial charge in [0.25, 0.3) is 5.91 Å². The molecule has 0 aliphatic heterocycles. The summed E-state index contributed by atoms with van der Waals surface area (Å²) in [7, 11) is 4.23. The minimum atomic E-state index is -1.40. The van der Waals surface area contributed by atoms with E-state index in [1.807, 2.05) is 0 Å². The fraction of sp³-hybridized carbons (Fsp3) is 0.261. The Labute approximate surface area is 217 Å². The van der Waals surface area contributed by atoms with Crippen molar-refractivity contribution in [1.29, 1.82) is 0 Å². The van der Waals surface area contributed by atoms with Crippen LogP contribution < -0.4 is 46.9 Å². The van der Waals surface area contributed by atoms with Gasteiger partial charge in [-0.2, -0.15) is 0 Å². The summed E-state index contributed by atoms with van der Waals surface area (Å²) in [5.74, 6) is -1.68. The number of ether oxygens (including phenoxy) is 3. The van der Waals surface area contributed by atoms with Crippen molar-refractivity contribution in [3.63, 3.8) is 0 Å². The zero-order valence-corrected chi connectivity index (χ0v) is 20.9. The molecule has 38 heavy (non-hydrogen) atoms. The quantitative estimate of drug-likeness (QED) is 0.141. The first kappa shape index (κ1) is 29.2. The van der Waals surface area contributed by atoms with Gasteiger partial charge in [-0.05, 0) is 24.3 Å². The number of nitrogens with two attached hydrogens (primary N) is 2. The molecule has 0 bridgehead atoms. The summed E-state index contributed by atoms with van der Waals surface area (Å²) in [5.41, 5.74) is 11.4. The predicted molar refractivity (Wildman–Crippen MR) is 137 cm³/mol.